The molecule has 1 aromatic carbocycles. The molecule has 8 nitrogen and oxygen atoms in total. The van der Waals surface area contributed by atoms with E-state index in [0.717, 1.165) is 21.8 Å². The van der Waals surface area contributed by atoms with Crippen LogP contribution < -0.4 is 11.1 Å². The van der Waals surface area contributed by atoms with Crippen molar-refractivity contribution >= 4 is 23.1 Å². The molecule has 2 fully saturated rings. The first-order valence-electron chi connectivity index (χ1n) is 11.8. The first kappa shape index (κ1) is 25.8. The molecule has 3 atom stereocenters. The fourth-order valence-electron chi connectivity index (χ4n) is 5.06. The van der Waals surface area contributed by atoms with Crippen LogP contribution in [0.25, 0.3) is 16.8 Å². The van der Waals surface area contributed by atoms with Crippen molar-refractivity contribution in [1.29, 1.82) is 0 Å². The third kappa shape index (κ3) is 4.74. The molecule has 5 rings (SSSR count). The number of carbonyl (C=O) groups is 2. The lowest BCUT2D eigenvalue weighted by Crippen LogP contribution is -2.42. The molecule has 3 N–H and O–H groups in total. The first-order chi connectivity index (χ1) is 17.8. The molecule has 3 aromatic rings. The van der Waals surface area contributed by atoms with Crippen molar-refractivity contribution in [2.75, 3.05) is 18.8 Å². The summed E-state index contributed by atoms with van der Waals surface area (Å²) in [6, 6.07) is 5.41. The molecule has 1 aliphatic carbocycles. The molecule has 1 saturated heterocycles. The van der Waals surface area contributed by atoms with Crippen molar-refractivity contribution in [3.63, 3.8) is 0 Å². The monoisotopic (exact) mass is 540 g/mol. The fraction of sp³-hybridized carbons (Fsp3) is 0.417. The second-order valence-electron chi connectivity index (χ2n) is 9.56. The summed E-state index contributed by atoms with van der Waals surface area (Å²) < 4.78 is 83.6. The minimum Gasteiger partial charge on any atom is -0.382 e. The van der Waals surface area contributed by atoms with Gasteiger partial charge in [0.25, 0.3) is 5.91 Å². The highest BCUT2D eigenvalue weighted by atomic mass is 19.4. The number of fused-ring (bicyclic) bond motifs is 1. The maximum Gasteiger partial charge on any atom is 0.418 e. The molecule has 0 bridgehead atoms. The molecule has 1 aliphatic heterocycles. The zero-order chi connectivity index (χ0) is 27.4. The number of hydrogen-bond acceptors (Lipinski definition) is 5. The Hall–Kier alpha value is -3.84. The van der Waals surface area contributed by atoms with Crippen LogP contribution in [0, 0.1) is 5.92 Å². The van der Waals surface area contributed by atoms with Gasteiger partial charge in [0, 0.05) is 36.4 Å². The number of benzene rings is 1. The lowest BCUT2D eigenvalue weighted by molar-refractivity contribution is -0.136. The van der Waals surface area contributed by atoms with Crippen molar-refractivity contribution in [2.45, 2.75) is 43.6 Å². The van der Waals surface area contributed by atoms with E-state index in [0.29, 0.717) is 0 Å². The molecular formula is C24H22F6N6O2. The Morgan fingerprint density at radius 3 is 2.61 bits per heavy atom. The summed E-state index contributed by atoms with van der Waals surface area (Å²) in [5.41, 5.74) is 4.45. The van der Waals surface area contributed by atoms with Crippen LogP contribution in [0.15, 0.2) is 36.7 Å². The van der Waals surface area contributed by atoms with E-state index >= 15 is 0 Å². The summed E-state index contributed by atoms with van der Waals surface area (Å²) in [4.78, 5) is 30.3. The number of nitrogens with one attached hydrogen (secondary N) is 1. The van der Waals surface area contributed by atoms with Gasteiger partial charge in [0.05, 0.1) is 23.8 Å². The second-order valence-corrected chi connectivity index (χ2v) is 9.56. The number of nitrogen functional groups attached to an aromatic ring is 1. The van der Waals surface area contributed by atoms with E-state index in [9.17, 15) is 35.9 Å². The van der Waals surface area contributed by atoms with Crippen molar-refractivity contribution in [3.8, 4) is 11.3 Å². The molecule has 0 spiro atoms. The number of nitrogens with zero attached hydrogens (tertiary/aromatic N) is 4. The van der Waals surface area contributed by atoms with E-state index < -0.39 is 66.0 Å². The number of amides is 2. The summed E-state index contributed by atoms with van der Waals surface area (Å²) in [6.07, 6.45) is -6.31. The van der Waals surface area contributed by atoms with Crippen molar-refractivity contribution in [3.05, 3.63) is 47.8 Å². The van der Waals surface area contributed by atoms with Gasteiger partial charge in [-0.3, -0.25) is 9.59 Å². The predicted molar refractivity (Wildman–Crippen MR) is 123 cm³/mol. The Bertz CT molecular complexity index is 1410. The van der Waals surface area contributed by atoms with Crippen LogP contribution in [-0.2, 0) is 11.0 Å². The van der Waals surface area contributed by atoms with Gasteiger partial charge in [0.2, 0.25) is 11.8 Å². The number of nitrogens with two attached hydrogens (primary N) is 1. The highest BCUT2D eigenvalue weighted by Crippen LogP contribution is 2.40. The second kappa shape index (κ2) is 9.17. The molecule has 14 heteroatoms. The summed E-state index contributed by atoms with van der Waals surface area (Å²) in [5, 5.41) is 6.38. The normalized spacial score (nSPS) is 23.2. The van der Waals surface area contributed by atoms with Gasteiger partial charge < -0.3 is 16.0 Å². The van der Waals surface area contributed by atoms with Gasteiger partial charge in [-0.05, 0) is 24.6 Å². The van der Waals surface area contributed by atoms with Gasteiger partial charge in [-0.25, -0.2) is 22.7 Å². The number of hydrogen-bond donors (Lipinski definition) is 2. The molecule has 1 saturated carbocycles. The summed E-state index contributed by atoms with van der Waals surface area (Å²) in [7, 11) is 0. The Morgan fingerprint density at radius 2 is 1.92 bits per heavy atom. The Morgan fingerprint density at radius 1 is 1.16 bits per heavy atom. The number of likely N-dealkylation sites (tertiary alicyclic amines) is 1. The average Bonchev–Trinajstić information content (AvgIpc) is 3.54. The van der Waals surface area contributed by atoms with Crippen LogP contribution >= 0.6 is 0 Å². The predicted octanol–water partition coefficient (Wildman–Crippen LogP) is 3.71. The maximum atomic E-state index is 14.7. The standard InChI is InChI=1S/C24H22F6N6O2/c25-16-9-35(22(38)14-4-5-23(26,27)8-14)10-17(16)34-21(37)13-3-1-2-12(6-13)18-7-15(24(28,29)30)19-20(31)32-11-33-36(18)19/h1-3,6-7,11,14,16-17H,4-5,8-10H2,(H,34,37)(H2,31,32,33)/t14?,16-,17+/m0/s1. The highest BCUT2D eigenvalue weighted by molar-refractivity contribution is 5.96. The van der Waals surface area contributed by atoms with Gasteiger partial charge >= 0.3 is 6.18 Å². The van der Waals surface area contributed by atoms with E-state index in [-0.39, 0.29) is 42.1 Å². The molecule has 38 heavy (non-hydrogen) atoms. The van der Waals surface area contributed by atoms with Gasteiger partial charge in [-0.1, -0.05) is 12.1 Å². The Balaban J connectivity index is 1.35. The molecular weight excluding hydrogens is 518 g/mol. The number of aromatic nitrogens is 3. The molecule has 2 amide bonds. The molecule has 2 aliphatic rings. The van der Waals surface area contributed by atoms with Crippen LogP contribution in [0.4, 0.5) is 32.2 Å². The topological polar surface area (TPSA) is 106 Å². The summed E-state index contributed by atoms with van der Waals surface area (Å²) in [6.45, 7) is -0.509. The number of rotatable bonds is 4. The summed E-state index contributed by atoms with van der Waals surface area (Å²) >= 11 is 0. The van der Waals surface area contributed by atoms with Crippen LogP contribution in [0.5, 0.6) is 0 Å². The zero-order valence-corrected chi connectivity index (χ0v) is 19.7. The quantitative estimate of drug-likeness (QED) is 0.491. The van der Waals surface area contributed by atoms with E-state index in [2.05, 4.69) is 15.4 Å². The lowest BCUT2D eigenvalue weighted by Gasteiger charge is -2.20. The lowest BCUT2D eigenvalue weighted by atomic mass is 10.1. The minimum atomic E-state index is -4.74. The molecule has 3 heterocycles. The third-order valence-corrected chi connectivity index (χ3v) is 6.94. The number of carbonyl (C=O) groups excluding carboxylic acids is 2. The van der Waals surface area contributed by atoms with Gasteiger partial charge in [0.1, 0.15) is 18.0 Å². The minimum absolute atomic E-state index is 0.00504. The molecule has 2 aromatic heterocycles. The van der Waals surface area contributed by atoms with Crippen LogP contribution in [0.1, 0.15) is 35.2 Å². The van der Waals surface area contributed by atoms with Crippen LogP contribution in [-0.4, -0.2) is 62.5 Å². The molecule has 0 radical (unpaired) electrons. The number of anilines is 1. The SMILES string of the molecule is Nc1ncnn2c(-c3cccc(C(=O)N[C@@H]4CN(C(=O)C5CCC(F)(F)C5)C[C@@H]4F)c3)cc(C(F)(F)F)c12. The van der Waals surface area contributed by atoms with Crippen LogP contribution in [0.2, 0.25) is 0 Å². The largest absolute Gasteiger partial charge is 0.418 e. The maximum absolute atomic E-state index is 14.7. The van der Waals surface area contributed by atoms with Gasteiger partial charge in [-0.15, -0.1) is 0 Å². The Labute approximate surface area is 211 Å². The van der Waals surface area contributed by atoms with Crippen LogP contribution in [0.3, 0.4) is 0 Å². The Kier molecular flexibility index (Phi) is 6.22. The molecule has 1 unspecified atom stereocenters. The van der Waals surface area contributed by atoms with E-state index in [1.165, 1.54) is 24.3 Å². The zero-order valence-electron chi connectivity index (χ0n) is 19.7. The number of halogens is 6. The smallest absolute Gasteiger partial charge is 0.382 e. The van der Waals surface area contributed by atoms with Crippen molar-refractivity contribution in [2.24, 2.45) is 5.92 Å². The van der Waals surface area contributed by atoms with E-state index in [1.54, 1.807) is 0 Å². The van der Waals surface area contributed by atoms with Crippen molar-refractivity contribution < 1.29 is 35.9 Å². The third-order valence-electron chi connectivity index (χ3n) is 6.94. The fourth-order valence-corrected chi connectivity index (χ4v) is 5.06. The van der Waals surface area contributed by atoms with E-state index in [1.807, 2.05) is 0 Å². The highest BCUT2D eigenvalue weighted by Gasteiger charge is 2.46. The molecule has 202 valence electrons. The summed E-state index contributed by atoms with van der Waals surface area (Å²) in [5.74, 6) is -5.46. The average molecular weight is 540 g/mol. The van der Waals surface area contributed by atoms with Crippen molar-refractivity contribution in [1.82, 2.24) is 24.8 Å². The van der Waals surface area contributed by atoms with Gasteiger partial charge in [0.15, 0.2) is 5.82 Å². The number of alkyl halides is 6. The van der Waals surface area contributed by atoms with Gasteiger partial charge in [-0.2, -0.15) is 18.3 Å². The first-order valence-corrected chi connectivity index (χ1v) is 11.8. The van der Waals surface area contributed by atoms with E-state index in [4.69, 9.17) is 5.73 Å².